The molecule has 0 aromatic carbocycles. The fourth-order valence-corrected chi connectivity index (χ4v) is 2.61. The van der Waals surface area contributed by atoms with Crippen LogP contribution in [0.15, 0.2) is 0 Å². The molecule has 2 heterocycles. The predicted octanol–water partition coefficient (Wildman–Crippen LogP) is 0.554. The van der Waals surface area contributed by atoms with E-state index < -0.39 is 0 Å². The van der Waals surface area contributed by atoms with E-state index in [1.165, 1.54) is 13.1 Å². The summed E-state index contributed by atoms with van der Waals surface area (Å²) in [6, 6.07) is 0. The summed E-state index contributed by atoms with van der Waals surface area (Å²) < 4.78 is 5.92. The van der Waals surface area contributed by atoms with Crippen molar-refractivity contribution < 1.29 is 4.74 Å². The number of nitrogens with one attached hydrogen (secondary N) is 1. The van der Waals surface area contributed by atoms with Gasteiger partial charge >= 0.3 is 0 Å². The van der Waals surface area contributed by atoms with E-state index in [1.54, 1.807) is 0 Å². The molecule has 94 valence electrons. The number of ether oxygens (including phenoxy) is 1. The average molecular weight is 227 g/mol. The van der Waals surface area contributed by atoms with Gasteiger partial charge in [-0.05, 0) is 25.8 Å². The Morgan fingerprint density at radius 2 is 1.94 bits per heavy atom. The lowest BCUT2D eigenvalue weighted by Crippen LogP contribution is -2.47. The fraction of sp³-hybridized carbons (Fsp3) is 1.00. The van der Waals surface area contributed by atoms with Crippen LogP contribution in [0.4, 0.5) is 0 Å². The lowest BCUT2D eigenvalue weighted by atomic mass is 10.0. The van der Waals surface area contributed by atoms with Crippen LogP contribution in [0.3, 0.4) is 0 Å². The molecule has 2 aliphatic heterocycles. The van der Waals surface area contributed by atoms with Crippen LogP contribution in [-0.2, 0) is 4.74 Å². The number of nitrogens with zero attached hydrogens (tertiary/aromatic N) is 2. The molecule has 4 heteroatoms. The maximum absolute atomic E-state index is 5.92. The second-order valence-electron chi connectivity index (χ2n) is 5.15. The van der Waals surface area contributed by atoms with Gasteiger partial charge < -0.3 is 9.64 Å². The van der Waals surface area contributed by atoms with Crippen LogP contribution < -0.4 is 5.43 Å². The Hall–Kier alpha value is -0.160. The number of rotatable bonds is 5. The molecule has 2 fully saturated rings. The number of hydrazine groups is 1. The minimum atomic E-state index is 0.489. The zero-order valence-corrected chi connectivity index (χ0v) is 10.6. The molecular formula is C12H25N3O. The molecule has 16 heavy (non-hydrogen) atoms. The summed E-state index contributed by atoms with van der Waals surface area (Å²) in [6.45, 7) is 9.10. The molecule has 2 aliphatic rings. The normalized spacial score (nSPS) is 25.9. The standard InChI is InChI=1S/C12H25N3O/c1-11-9-14(10-11)7-8-16-12-3-5-15(13-2)6-4-12/h11-13H,3-10H2,1-2H3. The molecule has 0 unspecified atom stereocenters. The lowest BCUT2D eigenvalue weighted by molar-refractivity contribution is -0.0208. The van der Waals surface area contributed by atoms with E-state index in [0.29, 0.717) is 6.10 Å². The quantitative estimate of drug-likeness (QED) is 0.742. The molecule has 1 N–H and O–H groups in total. The molecule has 2 saturated heterocycles. The molecule has 0 radical (unpaired) electrons. The minimum absolute atomic E-state index is 0.489. The van der Waals surface area contributed by atoms with Crippen LogP contribution in [-0.4, -0.2) is 62.4 Å². The van der Waals surface area contributed by atoms with Crippen LogP contribution in [0, 0.1) is 5.92 Å². The van der Waals surface area contributed by atoms with Crippen molar-refractivity contribution in [2.75, 3.05) is 46.4 Å². The molecule has 0 bridgehead atoms. The highest BCUT2D eigenvalue weighted by Gasteiger charge is 2.23. The van der Waals surface area contributed by atoms with E-state index >= 15 is 0 Å². The summed E-state index contributed by atoms with van der Waals surface area (Å²) in [4.78, 5) is 2.48. The molecule has 0 aliphatic carbocycles. The smallest absolute Gasteiger partial charge is 0.0601 e. The van der Waals surface area contributed by atoms with Gasteiger partial charge in [-0.3, -0.25) is 5.43 Å². The second kappa shape index (κ2) is 5.96. The third-order valence-electron chi connectivity index (χ3n) is 3.66. The van der Waals surface area contributed by atoms with Crippen molar-refractivity contribution in [3.8, 4) is 0 Å². The Kier molecular flexibility index (Phi) is 4.58. The predicted molar refractivity (Wildman–Crippen MR) is 65.2 cm³/mol. The maximum Gasteiger partial charge on any atom is 0.0601 e. The number of likely N-dealkylation sites (tertiary alicyclic amines) is 1. The van der Waals surface area contributed by atoms with Crippen molar-refractivity contribution in [2.45, 2.75) is 25.9 Å². The Balaban J connectivity index is 1.51. The van der Waals surface area contributed by atoms with E-state index in [9.17, 15) is 0 Å². The van der Waals surface area contributed by atoms with Gasteiger partial charge in [-0.25, -0.2) is 5.01 Å². The molecule has 0 aromatic rings. The van der Waals surface area contributed by atoms with Crippen LogP contribution in [0.2, 0.25) is 0 Å². The van der Waals surface area contributed by atoms with Gasteiger partial charge in [0.1, 0.15) is 0 Å². The van der Waals surface area contributed by atoms with Gasteiger partial charge in [-0.15, -0.1) is 0 Å². The molecule has 0 spiro atoms. The first kappa shape index (κ1) is 12.3. The van der Waals surface area contributed by atoms with Crippen LogP contribution in [0.25, 0.3) is 0 Å². The summed E-state index contributed by atoms with van der Waals surface area (Å²) >= 11 is 0. The summed E-state index contributed by atoms with van der Waals surface area (Å²) in [6.07, 6.45) is 2.82. The van der Waals surface area contributed by atoms with Crippen LogP contribution in [0.5, 0.6) is 0 Å². The first-order valence-electron chi connectivity index (χ1n) is 6.54. The van der Waals surface area contributed by atoms with Crippen molar-refractivity contribution in [3.63, 3.8) is 0 Å². The maximum atomic E-state index is 5.92. The van der Waals surface area contributed by atoms with Gasteiger partial charge in [0.15, 0.2) is 0 Å². The first-order valence-corrected chi connectivity index (χ1v) is 6.54. The number of hydrogen-bond acceptors (Lipinski definition) is 4. The molecule has 0 atom stereocenters. The zero-order valence-electron chi connectivity index (χ0n) is 10.6. The van der Waals surface area contributed by atoms with E-state index in [-0.39, 0.29) is 0 Å². The minimum Gasteiger partial charge on any atom is -0.377 e. The number of hydrogen-bond donors (Lipinski definition) is 1. The van der Waals surface area contributed by atoms with Gasteiger partial charge in [0.05, 0.1) is 12.7 Å². The number of piperidine rings is 1. The average Bonchev–Trinajstić information content (AvgIpc) is 2.27. The Labute approximate surface area is 98.9 Å². The van der Waals surface area contributed by atoms with Crippen molar-refractivity contribution >= 4 is 0 Å². The summed E-state index contributed by atoms with van der Waals surface area (Å²) in [5.41, 5.74) is 3.19. The molecule has 2 rings (SSSR count). The van der Waals surface area contributed by atoms with Gasteiger partial charge in [-0.2, -0.15) is 0 Å². The zero-order chi connectivity index (χ0) is 11.4. The summed E-state index contributed by atoms with van der Waals surface area (Å²) in [5.74, 6) is 0.902. The highest BCUT2D eigenvalue weighted by atomic mass is 16.5. The Morgan fingerprint density at radius 3 is 2.50 bits per heavy atom. The monoisotopic (exact) mass is 227 g/mol. The molecule has 4 nitrogen and oxygen atoms in total. The van der Waals surface area contributed by atoms with Crippen molar-refractivity contribution in [1.82, 2.24) is 15.3 Å². The SMILES string of the molecule is CNN1CCC(OCCN2CC(C)C2)CC1. The third kappa shape index (κ3) is 3.42. The van der Waals surface area contributed by atoms with E-state index in [0.717, 1.165) is 45.0 Å². The van der Waals surface area contributed by atoms with E-state index in [2.05, 4.69) is 22.3 Å². The largest absolute Gasteiger partial charge is 0.377 e. The summed E-state index contributed by atoms with van der Waals surface area (Å²) in [7, 11) is 1.99. The van der Waals surface area contributed by atoms with Gasteiger partial charge in [0.25, 0.3) is 0 Å². The van der Waals surface area contributed by atoms with Crippen LogP contribution >= 0.6 is 0 Å². The van der Waals surface area contributed by atoms with Gasteiger partial charge in [0, 0.05) is 32.7 Å². The molecule has 0 amide bonds. The topological polar surface area (TPSA) is 27.7 Å². The lowest BCUT2D eigenvalue weighted by Gasteiger charge is -2.37. The Morgan fingerprint density at radius 1 is 1.25 bits per heavy atom. The second-order valence-corrected chi connectivity index (χ2v) is 5.15. The fourth-order valence-electron chi connectivity index (χ4n) is 2.61. The third-order valence-corrected chi connectivity index (χ3v) is 3.66. The molecular weight excluding hydrogens is 202 g/mol. The van der Waals surface area contributed by atoms with Crippen LogP contribution in [0.1, 0.15) is 19.8 Å². The first-order chi connectivity index (χ1) is 7.78. The molecule has 0 saturated carbocycles. The van der Waals surface area contributed by atoms with Gasteiger partial charge in [-0.1, -0.05) is 6.92 Å². The van der Waals surface area contributed by atoms with Gasteiger partial charge in [0.2, 0.25) is 0 Å². The van der Waals surface area contributed by atoms with Crippen molar-refractivity contribution in [2.24, 2.45) is 5.92 Å². The molecule has 0 aromatic heterocycles. The van der Waals surface area contributed by atoms with Crippen molar-refractivity contribution in [1.29, 1.82) is 0 Å². The Bertz CT molecular complexity index is 198. The highest BCUT2D eigenvalue weighted by Crippen LogP contribution is 2.15. The highest BCUT2D eigenvalue weighted by molar-refractivity contribution is 4.76. The van der Waals surface area contributed by atoms with Crippen molar-refractivity contribution in [3.05, 3.63) is 0 Å². The van der Waals surface area contributed by atoms with E-state index in [4.69, 9.17) is 4.74 Å². The van der Waals surface area contributed by atoms with E-state index in [1.807, 2.05) is 7.05 Å². The summed E-state index contributed by atoms with van der Waals surface area (Å²) in [5, 5.41) is 2.26.